The highest BCUT2D eigenvalue weighted by Crippen LogP contribution is 2.18. The minimum atomic E-state index is -0.449. The van der Waals surface area contributed by atoms with Crippen molar-refractivity contribution in [3.63, 3.8) is 0 Å². The number of hydrogen-bond acceptors (Lipinski definition) is 2. The number of hydrogen-bond donors (Lipinski definition) is 2. The van der Waals surface area contributed by atoms with Crippen molar-refractivity contribution in [2.24, 2.45) is 5.73 Å². The molecule has 0 spiro atoms. The first-order chi connectivity index (χ1) is 6.61. The second kappa shape index (κ2) is 4.33. The first-order valence-corrected chi connectivity index (χ1v) is 4.17. The van der Waals surface area contributed by atoms with E-state index < -0.39 is 5.91 Å². The zero-order valence-electron chi connectivity index (χ0n) is 7.87. The SMILES string of the molecule is Cc1c(O)cccc1C#CCC(N)=O. The topological polar surface area (TPSA) is 63.3 Å². The van der Waals surface area contributed by atoms with Crippen molar-refractivity contribution in [1.29, 1.82) is 0 Å². The van der Waals surface area contributed by atoms with Crippen LogP contribution < -0.4 is 5.73 Å². The van der Waals surface area contributed by atoms with Crippen molar-refractivity contribution >= 4 is 5.91 Å². The lowest BCUT2D eigenvalue weighted by Gasteiger charge is -1.99. The molecule has 3 nitrogen and oxygen atoms in total. The fourth-order valence-corrected chi connectivity index (χ4v) is 0.985. The van der Waals surface area contributed by atoms with Crippen molar-refractivity contribution in [3.05, 3.63) is 29.3 Å². The number of aromatic hydroxyl groups is 1. The van der Waals surface area contributed by atoms with Crippen molar-refractivity contribution in [3.8, 4) is 17.6 Å². The third-order valence-corrected chi connectivity index (χ3v) is 1.79. The van der Waals surface area contributed by atoms with E-state index in [9.17, 15) is 9.90 Å². The zero-order valence-corrected chi connectivity index (χ0v) is 7.87. The molecule has 0 heterocycles. The quantitative estimate of drug-likeness (QED) is 0.645. The molecule has 72 valence electrons. The fourth-order valence-electron chi connectivity index (χ4n) is 0.985. The van der Waals surface area contributed by atoms with E-state index in [4.69, 9.17) is 5.73 Å². The number of carbonyl (C=O) groups is 1. The normalized spacial score (nSPS) is 8.93. The van der Waals surface area contributed by atoms with E-state index in [-0.39, 0.29) is 12.2 Å². The van der Waals surface area contributed by atoms with Crippen LogP contribution in [0, 0.1) is 18.8 Å². The van der Waals surface area contributed by atoms with Crippen molar-refractivity contribution in [1.82, 2.24) is 0 Å². The highest BCUT2D eigenvalue weighted by molar-refractivity contribution is 5.76. The summed E-state index contributed by atoms with van der Waals surface area (Å²) in [5.41, 5.74) is 6.36. The molecule has 1 aromatic rings. The van der Waals surface area contributed by atoms with E-state index in [0.29, 0.717) is 11.1 Å². The average Bonchev–Trinajstić information content (AvgIpc) is 2.12. The Morgan fingerprint density at radius 3 is 2.93 bits per heavy atom. The van der Waals surface area contributed by atoms with Crippen molar-refractivity contribution < 1.29 is 9.90 Å². The molecular formula is C11H11NO2. The molecule has 0 aliphatic carbocycles. The van der Waals surface area contributed by atoms with Crippen LogP contribution in [0.3, 0.4) is 0 Å². The Labute approximate surface area is 82.6 Å². The van der Waals surface area contributed by atoms with Gasteiger partial charge >= 0.3 is 0 Å². The number of phenolic OH excluding ortho intramolecular Hbond substituents is 1. The van der Waals surface area contributed by atoms with Gasteiger partial charge in [0.05, 0.1) is 6.42 Å². The molecule has 1 rings (SSSR count). The van der Waals surface area contributed by atoms with Gasteiger partial charge in [-0.25, -0.2) is 0 Å². The van der Waals surface area contributed by atoms with E-state index in [0.717, 1.165) is 0 Å². The maximum Gasteiger partial charge on any atom is 0.229 e. The summed E-state index contributed by atoms with van der Waals surface area (Å²) in [6, 6.07) is 5.08. The second-order valence-corrected chi connectivity index (χ2v) is 2.89. The van der Waals surface area contributed by atoms with Crippen LogP contribution in [0.1, 0.15) is 17.5 Å². The van der Waals surface area contributed by atoms with Crippen molar-refractivity contribution in [2.45, 2.75) is 13.3 Å². The van der Waals surface area contributed by atoms with Crippen LogP contribution in [0.25, 0.3) is 0 Å². The number of nitrogens with two attached hydrogens (primary N) is 1. The van der Waals surface area contributed by atoms with Crippen LogP contribution in [0.2, 0.25) is 0 Å². The number of rotatable bonds is 1. The van der Waals surface area contributed by atoms with Gasteiger partial charge in [-0.05, 0) is 19.1 Å². The molecule has 0 saturated carbocycles. The predicted molar refractivity (Wildman–Crippen MR) is 53.5 cm³/mol. The highest BCUT2D eigenvalue weighted by atomic mass is 16.3. The molecule has 0 atom stereocenters. The Bertz CT molecular complexity index is 413. The predicted octanol–water partition coefficient (Wildman–Crippen LogP) is 0.928. The minimum Gasteiger partial charge on any atom is -0.508 e. The molecule has 0 unspecified atom stereocenters. The first-order valence-electron chi connectivity index (χ1n) is 4.17. The Kier molecular flexibility index (Phi) is 3.14. The van der Waals surface area contributed by atoms with Crippen LogP contribution in [0.5, 0.6) is 5.75 Å². The van der Waals surface area contributed by atoms with Gasteiger partial charge < -0.3 is 10.8 Å². The standard InChI is InChI=1S/C11H11NO2/c1-8-9(4-2-6-10(8)13)5-3-7-11(12)14/h2,4,6,13H,7H2,1H3,(H2,12,14). The summed E-state index contributed by atoms with van der Waals surface area (Å²) in [6.45, 7) is 1.77. The Hall–Kier alpha value is -1.95. The molecule has 1 amide bonds. The molecule has 0 saturated heterocycles. The molecule has 0 fully saturated rings. The maximum atomic E-state index is 10.4. The van der Waals surface area contributed by atoms with E-state index in [1.54, 1.807) is 25.1 Å². The van der Waals surface area contributed by atoms with E-state index in [1.165, 1.54) is 0 Å². The molecule has 0 aliphatic rings. The summed E-state index contributed by atoms with van der Waals surface area (Å²) >= 11 is 0. The van der Waals surface area contributed by atoms with Gasteiger partial charge in [0.1, 0.15) is 5.75 Å². The van der Waals surface area contributed by atoms with Crippen LogP contribution in [0.4, 0.5) is 0 Å². The maximum absolute atomic E-state index is 10.4. The lowest BCUT2D eigenvalue weighted by molar-refractivity contribution is -0.117. The summed E-state index contributed by atoms with van der Waals surface area (Å²) in [6.07, 6.45) is 0.0368. The second-order valence-electron chi connectivity index (χ2n) is 2.89. The van der Waals surface area contributed by atoms with E-state index >= 15 is 0 Å². The van der Waals surface area contributed by atoms with Gasteiger partial charge in [-0.2, -0.15) is 0 Å². The molecule has 1 aromatic carbocycles. The van der Waals surface area contributed by atoms with Crippen LogP contribution >= 0.6 is 0 Å². The monoisotopic (exact) mass is 189 g/mol. The summed E-state index contributed by atoms with van der Waals surface area (Å²) in [5.74, 6) is 5.16. The molecule has 0 radical (unpaired) electrons. The molecule has 14 heavy (non-hydrogen) atoms. The number of benzene rings is 1. The van der Waals surface area contributed by atoms with Gasteiger partial charge in [0.25, 0.3) is 0 Å². The van der Waals surface area contributed by atoms with Crippen LogP contribution in [-0.2, 0) is 4.79 Å². The lowest BCUT2D eigenvalue weighted by Crippen LogP contribution is -2.08. The average molecular weight is 189 g/mol. The summed E-state index contributed by atoms with van der Waals surface area (Å²) in [5, 5.41) is 9.35. The fraction of sp³-hybridized carbons (Fsp3) is 0.182. The minimum absolute atomic E-state index is 0.0368. The van der Waals surface area contributed by atoms with E-state index in [1.807, 2.05) is 0 Å². The van der Waals surface area contributed by atoms with Gasteiger partial charge in [-0.15, -0.1) is 0 Å². The number of amides is 1. The van der Waals surface area contributed by atoms with Crippen LogP contribution in [0.15, 0.2) is 18.2 Å². The molecule has 3 heteroatoms. The molecule has 3 N–H and O–H groups in total. The van der Waals surface area contributed by atoms with Crippen molar-refractivity contribution in [2.75, 3.05) is 0 Å². The largest absolute Gasteiger partial charge is 0.508 e. The first kappa shape index (κ1) is 10.1. The van der Waals surface area contributed by atoms with Gasteiger partial charge in [0.15, 0.2) is 0 Å². The van der Waals surface area contributed by atoms with E-state index in [2.05, 4.69) is 11.8 Å². The van der Waals surface area contributed by atoms with Gasteiger partial charge in [-0.3, -0.25) is 4.79 Å². The lowest BCUT2D eigenvalue weighted by atomic mass is 10.1. The molecule has 0 aliphatic heterocycles. The molecule has 0 bridgehead atoms. The van der Waals surface area contributed by atoms with Gasteiger partial charge in [0, 0.05) is 11.1 Å². The molecular weight excluding hydrogens is 178 g/mol. The third kappa shape index (κ3) is 2.53. The van der Waals surface area contributed by atoms with Gasteiger partial charge in [-0.1, -0.05) is 17.9 Å². The smallest absolute Gasteiger partial charge is 0.229 e. The van der Waals surface area contributed by atoms with Gasteiger partial charge in [0.2, 0.25) is 5.91 Å². The number of phenols is 1. The highest BCUT2D eigenvalue weighted by Gasteiger charge is 1.98. The number of carbonyl (C=O) groups excluding carboxylic acids is 1. The summed E-state index contributed by atoms with van der Waals surface area (Å²) in [7, 11) is 0. The zero-order chi connectivity index (χ0) is 10.6. The van der Waals surface area contributed by atoms with Crippen LogP contribution in [-0.4, -0.2) is 11.0 Å². The summed E-state index contributed by atoms with van der Waals surface area (Å²) < 4.78 is 0. The Morgan fingerprint density at radius 2 is 2.29 bits per heavy atom. The summed E-state index contributed by atoms with van der Waals surface area (Å²) in [4.78, 5) is 10.4. The third-order valence-electron chi connectivity index (χ3n) is 1.79. The Morgan fingerprint density at radius 1 is 1.57 bits per heavy atom. The number of primary amides is 1. The Balaban J connectivity index is 2.90. The molecule has 0 aromatic heterocycles.